The van der Waals surface area contributed by atoms with Gasteiger partial charge in [-0.2, -0.15) is 9.94 Å². The molecule has 2 aromatic rings. The molecule has 1 aromatic carbocycles. The van der Waals surface area contributed by atoms with Crippen LogP contribution in [0.15, 0.2) is 28.9 Å². The molecular formula is C12H9BrN4O3. The van der Waals surface area contributed by atoms with Crippen LogP contribution in [-0.4, -0.2) is 21.8 Å². The summed E-state index contributed by atoms with van der Waals surface area (Å²) in [5, 5.41) is 23.6. The Morgan fingerprint density at radius 1 is 1.60 bits per heavy atom. The zero-order valence-corrected chi connectivity index (χ0v) is 12.0. The number of rotatable bonds is 4. The molecule has 20 heavy (non-hydrogen) atoms. The van der Waals surface area contributed by atoms with Crippen molar-refractivity contribution in [2.45, 2.75) is 6.54 Å². The van der Waals surface area contributed by atoms with E-state index in [1.54, 1.807) is 18.2 Å². The van der Waals surface area contributed by atoms with E-state index in [0.717, 1.165) is 5.56 Å². The molecule has 0 saturated heterocycles. The van der Waals surface area contributed by atoms with E-state index >= 15 is 0 Å². The normalized spacial score (nSPS) is 10.1. The molecule has 0 radical (unpaired) electrons. The first-order valence-electron chi connectivity index (χ1n) is 5.49. The van der Waals surface area contributed by atoms with Gasteiger partial charge in [0.2, 0.25) is 0 Å². The van der Waals surface area contributed by atoms with E-state index < -0.39 is 4.92 Å². The molecule has 0 amide bonds. The van der Waals surface area contributed by atoms with Crippen LogP contribution >= 0.6 is 15.9 Å². The van der Waals surface area contributed by atoms with Gasteiger partial charge in [-0.3, -0.25) is 0 Å². The van der Waals surface area contributed by atoms with Crippen molar-refractivity contribution in [3.63, 3.8) is 0 Å². The second kappa shape index (κ2) is 5.71. The van der Waals surface area contributed by atoms with Crippen molar-refractivity contribution >= 4 is 21.7 Å². The fraction of sp³-hybridized carbons (Fsp3) is 0.167. The highest BCUT2D eigenvalue weighted by Gasteiger charge is 2.18. The van der Waals surface area contributed by atoms with Gasteiger partial charge >= 0.3 is 5.82 Å². The number of hydrogen-bond donors (Lipinski definition) is 0. The molecular weight excluding hydrogens is 328 g/mol. The van der Waals surface area contributed by atoms with Crippen LogP contribution in [0.4, 0.5) is 5.82 Å². The third-order valence-electron chi connectivity index (χ3n) is 2.60. The Morgan fingerprint density at radius 3 is 2.90 bits per heavy atom. The van der Waals surface area contributed by atoms with Gasteiger partial charge in [-0.15, -0.1) is 0 Å². The maximum absolute atomic E-state index is 10.7. The number of nitriles is 1. The van der Waals surface area contributed by atoms with Crippen molar-refractivity contribution in [3.8, 4) is 11.8 Å². The van der Waals surface area contributed by atoms with Crippen molar-refractivity contribution in [2.24, 2.45) is 0 Å². The smallest absolute Gasteiger partial charge is 0.404 e. The highest BCUT2D eigenvalue weighted by atomic mass is 79.9. The van der Waals surface area contributed by atoms with Crippen LogP contribution in [0, 0.1) is 21.4 Å². The van der Waals surface area contributed by atoms with Crippen LogP contribution in [0.25, 0.3) is 0 Å². The summed E-state index contributed by atoms with van der Waals surface area (Å²) >= 11 is 3.08. The molecule has 0 saturated carbocycles. The first-order valence-corrected chi connectivity index (χ1v) is 6.29. The summed E-state index contributed by atoms with van der Waals surface area (Å²) in [6.07, 6.45) is 1.52. The number of hydrogen-bond acceptors (Lipinski definition) is 5. The van der Waals surface area contributed by atoms with Crippen molar-refractivity contribution in [1.82, 2.24) is 9.78 Å². The Morgan fingerprint density at radius 2 is 2.35 bits per heavy atom. The molecule has 0 unspecified atom stereocenters. The van der Waals surface area contributed by atoms with E-state index in [4.69, 9.17) is 10.00 Å². The number of nitrogens with zero attached hydrogens (tertiary/aromatic N) is 4. The Balaban J connectivity index is 2.29. The lowest BCUT2D eigenvalue weighted by Gasteiger charge is -2.04. The van der Waals surface area contributed by atoms with Gasteiger partial charge in [0.15, 0.2) is 0 Å². The molecule has 0 spiro atoms. The maximum Gasteiger partial charge on any atom is 0.404 e. The lowest BCUT2D eigenvalue weighted by atomic mass is 10.1. The quantitative estimate of drug-likeness (QED) is 0.631. The largest absolute Gasteiger partial charge is 0.495 e. The monoisotopic (exact) mass is 336 g/mol. The van der Waals surface area contributed by atoms with Crippen molar-refractivity contribution < 1.29 is 9.66 Å². The standard InChI is InChI=1S/C12H9BrN4O3/c1-20-11-3-2-8(4-9(11)5-14)6-16-7-10(13)12(15-16)17(18)19/h2-4,7H,6H2,1H3. The lowest BCUT2D eigenvalue weighted by Crippen LogP contribution is -2.02. The minimum Gasteiger partial charge on any atom is -0.495 e. The van der Waals surface area contributed by atoms with E-state index in [1.807, 2.05) is 6.07 Å². The van der Waals surface area contributed by atoms with Gasteiger partial charge in [-0.05, 0) is 38.5 Å². The van der Waals surface area contributed by atoms with Gasteiger partial charge in [0.1, 0.15) is 16.3 Å². The van der Waals surface area contributed by atoms with Gasteiger partial charge in [-0.25, -0.2) is 0 Å². The van der Waals surface area contributed by atoms with Crippen LogP contribution in [0.2, 0.25) is 0 Å². The SMILES string of the molecule is COc1ccc(Cn2cc(Br)c([N+](=O)[O-])n2)cc1C#N. The molecule has 2 rings (SSSR count). The summed E-state index contributed by atoms with van der Waals surface area (Å²) in [7, 11) is 1.49. The summed E-state index contributed by atoms with van der Waals surface area (Å²) in [6.45, 7) is 0.325. The molecule has 102 valence electrons. The summed E-state index contributed by atoms with van der Waals surface area (Å²) in [5.74, 6) is 0.253. The average molecular weight is 337 g/mol. The van der Waals surface area contributed by atoms with Gasteiger partial charge in [-0.1, -0.05) is 6.07 Å². The second-order valence-corrected chi connectivity index (χ2v) is 4.76. The van der Waals surface area contributed by atoms with E-state index in [2.05, 4.69) is 21.0 Å². The van der Waals surface area contributed by atoms with Crippen molar-refractivity contribution in [2.75, 3.05) is 7.11 Å². The lowest BCUT2D eigenvalue weighted by molar-refractivity contribution is -0.390. The predicted molar refractivity (Wildman–Crippen MR) is 73.4 cm³/mol. The van der Waals surface area contributed by atoms with Crippen LogP contribution in [0.3, 0.4) is 0 Å². The van der Waals surface area contributed by atoms with Gasteiger partial charge < -0.3 is 14.9 Å². The van der Waals surface area contributed by atoms with Crippen molar-refractivity contribution in [3.05, 3.63) is 50.1 Å². The Kier molecular flexibility index (Phi) is 4.00. The van der Waals surface area contributed by atoms with Crippen LogP contribution in [-0.2, 0) is 6.54 Å². The number of nitro groups is 1. The van der Waals surface area contributed by atoms with E-state index in [-0.39, 0.29) is 5.82 Å². The first-order chi connectivity index (χ1) is 9.55. The van der Waals surface area contributed by atoms with Gasteiger partial charge in [0, 0.05) is 0 Å². The van der Waals surface area contributed by atoms with E-state index in [1.165, 1.54) is 18.0 Å². The van der Waals surface area contributed by atoms with Gasteiger partial charge in [0.25, 0.3) is 0 Å². The highest BCUT2D eigenvalue weighted by molar-refractivity contribution is 9.10. The molecule has 8 heteroatoms. The fourth-order valence-electron chi connectivity index (χ4n) is 1.72. The molecule has 1 aromatic heterocycles. The molecule has 0 bridgehead atoms. The maximum atomic E-state index is 10.7. The summed E-state index contributed by atoms with van der Waals surface area (Å²) in [4.78, 5) is 10.2. The van der Waals surface area contributed by atoms with Crippen molar-refractivity contribution in [1.29, 1.82) is 5.26 Å². The third kappa shape index (κ3) is 2.78. The second-order valence-electron chi connectivity index (χ2n) is 3.90. The number of methoxy groups -OCH3 is 1. The zero-order valence-electron chi connectivity index (χ0n) is 10.4. The third-order valence-corrected chi connectivity index (χ3v) is 3.16. The summed E-state index contributed by atoms with van der Waals surface area (Å²) in [5.41, 5.74) is 1.21. The van der Waals surface area contributed by atoms with E-state index in [0.29, 0.717) is 22.3 Å². The summed E-state index contributed by atoms with van der Waals surface area (Å²) in [6, 6.07) is 7.16. The first kappa shape index (κ1) is 14.0. The molecule has 7 nitrogen and oxygen atoms in total. The molecule has 0 N–H and O–H groups in total. The Bertz CT molecular complexity index is 705. The number of ether oxygens (including phenoxy) is 1. The van der Waals surface area contributed by atoms with Crippen LogP contribution in [0.5, 0.6) is 5.75 Å². The molecule has 0 aliphatic carbocycles. The number of benzene rings is 1. The fourth-order valence-corrected chi connectivity index (χ4v) is 2.18. The highest BCUT2D eigenvalue weighted by Crippen LogP contribution is 2.23. The minimum atomic E-state index is -0.560. The molecule has 0 fully saturated rings. The number of halogens is 1. The molecule has 1 heterocycles. The Labute approximate surface area is 122 Å². The van der Waals surface area contributed by atoms with Gasteiger partial charge in [0.05, 0.1) is 30.5 Å². The zero-order chi connectivity index (χ0) is 14.7. The van der Waals surface area contributed by atoms with Crippen LogP contribution in [0.1, 0.15) is 11.1 Å². The Hall–Kier alpha value is -2.40. The predicted octanol–water partition coefficient (Wildman–Crippen LogP) is 2.48. The molecule has 0 atom stereocenters. The summed E-state index contributed by atoms with van der Waals surface area (Å²) < 4.78 is 6.81. The number of aromatic nitrogens is 2. The molecule has 0 aliphatic rings. The molecule has 0 aliphatic heterocycles. The van der Waals surface area contributed by atoms with E-state index in [9.17, 15) is 10.1 Å². The van der Waals surface area contributed by atoms with Crippen LogP contribution < -0.4 is 4.74 Å². The minimum absolute atomic E-state index is 0.237. The average Bonchev–Trinajstić information content (AvgIpc) is 2.79. The topological polar surface area (TPSA) is 94.0 Å².